The van der Waals surface area contributed by atoms with Gasteiger partial charge in [-0.3, -0.25) is 4.98 Å². The number of nitrogens with zero attached hydrogens (tertiary/aromatic N) is 1. The molecular weight excluding hydrogens is 294 g/mol. The lowest BCUT2D eigenvalue weighted by molar-refractivity contribution is 0.305. The summed E-state index contributed by atoms with van der Waals surface area (Å²) in [6, 6.07) is 22.1. The van der Waals surface area contributed by atoms with Crippen molar-refractivity contribution in [3.05, 3.63) is 78.0 Å². The van der Waals surface area contributed by atoms with Gasteiger partial charge < -0.3 is 10.6 Å². The second-order valence-corrected chi connectivity index (χ2v) is 6.46. The second kappa shape index (κ2) is 7.12. The lowest BCUT2D eigenvalue weighted by Crippen LogP contribution is -2.45. The predicted molar refractivity (Wildman–Crippen MR) is 98.8 cm³/mol. The first-order valence-corrected chi connectivity index (χ1v) is 8.76. The standard InChI is InChI=1S/C21H23N3/c1-2-7-17(8-3-1)21-19(12-6-14-23-21)24-15-18-10-4-9-16-11-5-13-22-20(16)18/h1-5,7-11,13,19,21,23-24H,6,12,14-15H2/t19-,21-/m0/s1. The van der Waals surface area contributed by atoms with E-state index in [1.807, 2.05) is 12.3 Å². The molecule has 0 amide bonds. The molecule has 0 radical (unpaired) electrons. The Hall–Kier alpha value is -2.23. The summed E-state index contributed by atoms with van der Waals surface area (Å²) in [4.78, 5) is 4.57. The summed E-state index contributed by atoms with van der Waals surface area (Å²) in [5.74, 6) is 0. The minimum atomic E-state index is 0.378. The van der Waals surface area contributed by atoms with Crippen LogP contribution in [0.4, 0.5) is 0 Å². The van der Waals surface area contributed by atoms with Gasteiger partial charge in [0.1, 0.15) is 0 Å². The zero-order valence-electron chi connectivity index (χ0n) is 13.8. The molecule has 0 spiro atoms. The Kier molecular flexibility index (Phi) is 4.54. The van der Waals surface area contributed by atoms with Gasteiger partial charge >= 0.3 is 0 Å². The van der Waals surface area contributed by atoms with Gasteiger partial charge in [0, 0.05) is 30.2 Å². The van der Waals surface area contributed by atoms with Crippen molar-refractivity contribution in [3.8, 4) is 0 Å². The van der Waals surface area contributed by atoms with Gasteiger partial charge in [-0.25, -0.2) is 0 Å². The molecule has 1 aromatic heterocycles. The minimum absolute atomic E-state index is 0.378. The van der Waals surface area contributed by atoms with Crippen molar-refractivity contribution in [2.24, 2.45) is 0 Å². The van der Waals surface area contributed by atoms with E-state index in [4.69, 9.17) is 0 Å². The second-order valence-electron chi connectivity index (χ2n) is 6.46. The molecule has 0 bridgehead atoms. The van der Waals surface area contributed by atoms with Crippen LogP contribution < -0.4 is 10.6 Å². The van der Waals surface area contributed by atoms with Crippen molar-refractivity contribution in [2.45, 2.75) is 31.5 Å². The van der Waals surface area contributed by atoms with Crippen molar-refractivity contribution in [1.29, 1.82) is 0 Å². The number of aromatic nitrogens is 1. The van der Waals surface area contributed by atoms with Crippen LogP contribution in [0.2, 0.25) is 0 Å². The van der Waals surface area contributed by atoms with Gasteiger partial charge in [-0.2, -0.15) is 0 Å². The fourth-order valence-electron chi connectivity index (χ4n) is 3.67. The molecule has 24 heavy (non-hydrogen) atoms. The Morgan fingerprint density at radius 1 is 1.00 bits per heavy atom. The van der Waals surface area contributed by atoms with Gasteiger partial charge in [0.05, 0.1) is 5.52 Å². The molecule has 3 aromatic rings. The molecule has 122 valence electrons. The number of hydrogen-bond donors (Lipinski definition) is 2. The Morgan fingerprint density at radius 3 is 2.79 bits per heavy atom. The van der Waals surface area contributed by atoms with E-state index in [1.54, 1.807) is 0 Å². The van der Waals surface area contributed by atoms with Crippen LogP contribution in [0, 0.1) is 0 Å². The first-order chi connectivity index (χ1) is 11.9. The van der Waals surface area contributed by atoms with Crippen molar-refractivity contribution in [2.75, 3.05) is 6.54 Å². The molecule has 2 heterocycles. The Balaban J connectivity index is 1.53. The molecule has 3 heteroatoms. The monoisotopic (exact) mass is 317 g/mol. The summed E-state index contributed by atoms with van der Waals surface area (Å²) in [5, 5.41) is 8.66. The highest BCUT2D eigenvalue weighted by Gasteiger charge is 2.25. The smallest absolute Gasteiger partial charge is 0.0746 e. The van der Waals surface area contributed by atoms with E-state index >= 15 is 0 Å². The van der Waals surface area contributed by atoms with E-state index in [-0.39, 0.29) is 0 Å². The van der Waals surface area contributed by atoms with Crippen molar-refractivity contribution < 1.29 is 0 Å². The Morgan fingerprint density at radius 2 is 1.88 bits per heavy atom. The number of pyridine rings is 1. The number of fused-ring (bicyclic) bond motifs is 1. The van der Waals surface area contributed by atoms with Crippen molar-refractivity contribution in [1.82, 2.24) is 15.6 Å². The highest BCUT2D eigenvalue weighted by Crippen LogP contribution is 2.24. The summed E-state index contributed by atoms with van der Waals surface area (Å²) in [6.45, 7) is 1.94. The Labute approximate surface area is 143 Å². The summed E-state index contributed by atoms with van der Waals surface area (Å²) < 4.78 is 0. The van der Waals surface area contributed by atoms with E-state index < -0.39 is 0 Å². The van der Waals surface area contributed by atoms with Crippen LogP contribution in [0.15, 0.2) is 66.9 Å². The lowest BCUT2D eigenvalue weighted by Gasteiger charge is -2.34. The van der Waals surface area contributed by atoms with Gasteiger partial charge in [-0.1, -0.05) is 54.6 Å². The average Bonchev–Trinajstić information content (AvgIpc) is 2.67. The number of nitrogens with one attached hydrogen (secondary N) is 2. The first kappa shape index (κ1) is 15.3. The highest BCUT2D eigenvalue weighted by molar-refractivity contribution is 5.81. The summed E-state index contributed by atoms with van der Waals surface area (Å²) in [6.07, 6.45) is 4.29. The molecule has 1 aliphatic heterocycles. The number of rotatable bonds is 4. The molecule has 2 aromatic carbocycles. The maximum atomic E-state index is 4.57. The fraction of sp³-hybridized carbons (Fsp3) is 0.286. The third-order valence-corrected chi connectivity index (χ3v) is 4.89. The van der Waals surface area contributed by atoms with Crippen LogP contribution >= 0.6 is 0 Å². The van der Waals surface area contributed by atoms with E-state index in [0.717, 1.165) is 18.6 Å². The maximum Gasteiger partial charge on any atom is 0.0746 e. The molecule has 2 N–H and O–H groups in total. The predicted octanol–water partition coefficient (Wildman–Crippen LogP) is 3.82. The molecule has 3 nitrogen and oxygen atoms in total. The van der Waals surface area contributed by atoms with E-state index in [9.17, 15) is 0 Å². The van der Waals surface area contributed by atoms with Gasteiger partial charge in [-0.15, -0.1) is 0 Å². The average molecular weight is 317 g/mol. The molecule has 0 aliphatic carbocycles. The molecule has 2 atom stereocenters. The largest absolute Gasteiger partial charge is 0.309 e. The first-order valence-electron chi connectivity index (χ1n) is 8.76. The van der Waals surface area contributed by atoms with Gasteiger partial charge in [0.15, 0.2) is 0 Å². The Bertz CT molecular complexity index is 795. The number of para-hydroxylation sites is 1. The fourth-order valence-corrected chi connectivity index (χ4v) is 3.67. The normalized spacial score (nSPS) is 21.0. The number of benzene rings is 2. The lowest BCUT2D eigenvalue weighted by atomic mass is 9.92. The summed E-state index contributed by atoms with van der Waals surface area (Å²) in [7, 11) is 0. The van der Waals surface area contributed by atoms with Crippen LogP contribution in [-0.2, 0) is 6.54 Å². The van der Waals surface area contributed by atoms with Crippen LogP contribution in [0.3, 0.4) is 0 Å². The minimum Gasteiger partial charge on any atom is -0.309 e. The van der Waals surface area contributed by atoms with Crippen LogP contribution in [0.25, 0.3) is 10.9 Å². The number of piperidine rings is 1. The maximum absolute atomic E-state index is 4.57. The summed E-state index contributed by atoms with van der Waals surface area (Å²) >= 11 is 0. The van der Waals surface area contributed by atoms with E-state index in [0.29, 0.717) is 12.1 Å². The molecule has 1 fully saturated rings. The molecular formula is C21H23N3. The third-order valence-electron chi connectivity index (χ3n) is 4.89. The van der Waals surface area contributed by atoms with Crippen LogP contribution in [-0.4, -0.2) is 17.6 Å². The van der Waals surface area contributed by atoms with Crippen LogP contribution in [0.1, 0.15) is 30.0 Å². The van der Waals surface area contributed by atoms with Crippen molar-refractivity contribution >= 4 is 10.9 Å². The third kappa shape index (κ3) is 3.18. The zero-order chi connectivity index (χ0) is 16.2. The molecule has 1 saturated heterocycles. The highest BCUT2D eigenvalue weighted by atomic mass is 15.0. The molecule has 4 rings (SSSR count). The van der Waals surface area contributed by atoms with Crippen LogP contribution in [0.5, 0.6) is 0 Å². The number of hydrogen-bond acceptors (Lipinski definition) is 3. The van der Waals surface area contributed by atoms with Gasteiger partial charge in [-0.05, 0) is 36.6 Å². The van der Waals surface area contributed by atoms with Gasteiger partial charge in [0.2, 0.25) is 0 Å². The zero-order valence-corrected chi connectivity index (χ0v) is 13.8. The molecule has 0 saturated carbocycles. The SMILES string of the molecule is c1ccc([C@@H]2NCCC[C@@H]2NCc2cccc3cccnc23)cc1. The van der Waals surface area contributed by atoms with E-state index in [1.165, 1.54) is 29.4 Å². The van der Waals surface area contributed by atoms with E-state index in [2.05, 4.69) is 70.2 Å². The molecule has 0 unspecified atom stereocenters. The van der Waals surface area contributed by atoms with Gasteiger partial charge in [0.25, 0.3) is 0 Å². The topological polar surface area (TPSA) is 37.0 Å². The van der Waals surface area contributed by atoms with Crippen molar-refractivity contribution in [3.63, 3.8) is 0 Å². The quantitative estimate of drug-likeness (QED) is 0.768. The molecule has 1 aliphatic rings. The summed E-state index contributed by atoms with van der Waals surface area (Å²) in [5.41, 5.74) is 3.74.